The quantitative estimate of drug-likeness (QED) is 0.589. The smallest absolute Gasteiger partial charge is 0.217 e. The second-order valence-electron chi connectivity index (χ2n) is 7.21. The van der Waals surface area contributed by atoms with Gasteiger partial charge in [-0.15, -0.1) is 10.2 Å². The van der Waals surface area contributed by atoms with Crippen molar-refractivity contribution in [3.63, 3.8) is 0 Å². The maximum Gasteiger partial charge on any atom is 0.217 e. The van der Waals surface area contributed by atoms with Crippen molar-refractivity contribution in [1.82, 2.24) is 20.6 Å². The first kappa shape index (κ1) is 19.8. The van der Waals surface area contributed by atoms with E-state index in [-0.39, 0.29) is 24.1 Å². The van der Waals surface area contributed by atoms with E-state index in [0.717, 1.165) is 5.56 Å². The van der Waals surface area contributed by atoms with Crippen LogP contribution in [0.4, 0.5) is 4.39 Å². The van der Waals surface area contributed by atoms with Crippen molar-refractivity contribution in [3.8, 4) is 22.9 Å². The van der Waals surface area contributed by atoms with Crippen LogP contribution in [-0.4, -0.2) is 39.7 Å². The largest absolute Gasteiger partial charge is 0.486 e. The Balaban J connectivity index is 1.63. The third-order valence-electron chi connectivity index (χ3n) is 5.10. The second kappa shape index (κ2) is 8.89. The number of fused-ring (bicyclic) bond motifs is 1. The molecule has 156 valence electrons. The number of carbonyl (C=O) groups is 1. The number of ether oxygens (including phenoxy) is 2. The molecule has 0 bridgehead atoms. The standard InChI is InChI=1S/C21H22FN5O3/c22-17-6-5-15(21-24-26-27-25-21)12-16(17)14(2-1-3-20(23)28)10-13-4-7-18-19(11-13)30-9-8-29-18/h4-7,11-12,14H,1-3,8-10H2,(H2,23,28)(H,24,25,26,27). The highest BCUT2D eigenvalue weighted by molar-refractivity contribution is 5.73. The van der Waals surface area contributed by atoms with Crippen LogP contribution in [0.25, 0.3) is 11.4 Å². The van der Waals surface area contributed by atoms with Crippen LogP contribution in [-0.2, 0) is 11.2 Å². The Morgan fingerprint density at radius 3 is 2.77 bits per heavy atom. The highest BCUT2D eigenvalue weighted by Crippen LogP contribution is 2.35. The Labute approximate surface area is 172 Å². The molecule has 0 radical (unpaired) electrons. The van der Waals surface area contributed by atoms with Crippen LogP contribution in [0, 0.1) is 5.82 Å². The molecule has 0 saturated carbocycles. The molecule has 1 aliphatic rings. The molecule has 1 unspecified atom stereocenters. The molecule has 8 nitrogen and oxygen atoms in total. The highest BCUT2D eigenvalue weighted by atomic mass is 19.1. The van der Waals surface area contributed by atoms with Crippen LogP contribution in [0.2, 0.25) is 0 Å². The van der Waals surface area contributed by atoms with Gasteiger partial charge in [-0.3, -0.25) is 4.79 Å². The Bertz CT molecular complexity index is 1030. The van der Waals surface area contributed by atoms with Crippen molar-refractivity contribution in [3.05, 3.63) is 53.3 Å². The lowest BCUT2D eigenvalue weighted by molar-refractivity contribution is -0.118. The molecule has 0 spiro atoms. The minimum Gasteiger partial charge on any atom is -0.486 e. The van der Waals surface area contributed by atoms with Gasteiger partial charge in [0.1, 0.15) is 19.0 Å². The van der Waals surface area contributed by atoms with Gasteiger partial charge in [-0.05, 0) is 71.9 Å². The molecule has 1 aromatic heterocycles. The molecule has 2 heterocycles. The van der Waals surface area contributed by atoms with Crippen LogP contribution < -0.4 is 15.2 Å². The number of aromatic nitrogens is 4. The predicted molar refractivity (Wildman–Crippen MR) is 106 cm³/mol. The van der Waals surface area contributed by atoms with Gasteiger partial charge in [-0.1, -0.05) is 6.07 Å². The number of amides is 1. The third kappa shape index (κ3) is 4.56. The van der Waals surface area contributed by atoms with Crippen molar-refractivity contribution >= 4 is 5.91 Å². The first-order valence-corrected chi connectivity index (χ1v) is 9.80. The van der Waals surface area contributed by atoms with Gasteiger partial charge in [-0.25, -0.2) is 4.39 Å². The van der Waals surface area contributed by atoms with E-state index in [2.05, 4.69) is 20.6 Å². The van der Waals surface area contributed by atoms with Crippen molar-refractivity contribution in [2.75, 3.05) is 13.2 Å². The number of nitrogens with zero attached hydrogens (tertiary/aromatic N) is 3. The van der Waals surface area contributed by atoms with Crippen LogP contribution in [0.1, 0.15) is 36.3 Å². The van der Waals surface area contributed by atoms with Gasteiger partial charge >= 0.3 is 0 Å². The normalized spacial score (nSPS) is 13.8. The molecule has 1 amide bonds. The lowest BCUT2D eigenvalue weighted by atomic mass is 9.86. The summed E-state index contributed by atoms with van der Waals surface area (Å²) in [6.07, 6.45) is 1.99. The zero-order chi connectivity index (χ0) is 20.9. The van der Waals surface area contributed by atoms with E-state index >= 15 is 0 Å². The number of aromatic amines is 1. The molecule has 3 N–H and O–H groups in total. The van der Waals surface area contributed by atoms with Crippen molar-refractivity contribution in [2.24, 2.45) is 5.73 Å². The summed E-state index contributed by atoms with van der Waals surface area (Å²) in [7, 11) is 0. The number of primary amides is 1. The molecule has 0 fully saturated rings. The van der Waals surface area contributed by atoms with Gasteiger partial charge in [0.15, 0.2) is 11.5 Å². The average Bonchev–Trinajstić information content (AvgIpc) is 3.28. The number of nitrogens with one attached hydrogen (secondary N) is 1. The fourth-order valence-corrected chi connectivity index (χ4v) is 3.67. The van der Waals surface area contributed by atoms with Crippen molar-refractivity contribution < 1.29 is 18.7 Å². The SMILES string of the molecule is NC(=O)CCCC(Cc1ccc2c(c1)OCCO2)c1cc(-c2nn[nH]n2)ccc1F. The topological polar surface area (TPSA) is 116 Å². The molecule has 2 aromatic carbocycles. The predicted octanol–water partition coefficient (Wildman–Crippen LogP) is 2.76. The number of benzene rings is 2. The van der Waals surface area contributed by atoms with E-state index in [1.165, 1.54) is 6.07 Å². The minimum absolute atomic E-state index is 0.168. The Hall–Kier alpha value is -3.49. The molecule has 9 heteroatoms. The number of halogens is 1. The molecule has 3 aromatic rings. The van der Waals surface area contributed by atoms with Gasteiger partial charge in [-0.2, -0.15) is 5.21 Å². The molecule has 0 saturated heterocycles. The first-order valence-electron chi connectivity index (χ1n) is 9.80. The minimum atomic E-state index is -0.367. The average molecular weight is 411 g/mol. The second-order valence-corrected chi connectivity index (χ2v) is 7.21. The summed E-state index contributed by atoms with van der Waals surface area (Å²) < 4.78 is 26.1. The summed E-state index contributed by atoms with van der Waals surface area (Å²) in [5, 5.41) is 13.9. The fraction of sp³-hybridized carbons (Fsp3) is 0.333. The van der Waals surface area contributed by atoms with E-state index in [1.54, 1.807) is 12.1 Å². The van der Waals surface area contributed by atoms with E-state index in [1.807, 2.05) is 18.2 Å². The van der Waals surface area contributed by atoms with Crippen molar-refractivity contribution in [1.29, 1.82) is 0 Å². The van der Waals surface area contributed by atoms with Crippen LogP contribution in [0.15, 0.2) is 36.4 Å². The van der Waals surface area contributed by atoms with E-state index in [0.29, 0.717) is 60.9 Å². The summed E-state index contributed by atoms with van der Waals surface area (Å²) in [6.45, 7) is 1.02. The molecule has 1 aliphatic heterocycles. The maximum absolute atomic E-state index is 14.8. The van der Waals surface area contributed by atoms with Crippen LogP contribution in [0.5, 0.6) is 11.5 Å². The highest BCUT2D eigenvalue weighted by Gasteiger charge is 2.20. The molecule has 0 aliphatic carbocycles. The summed E-state index contributed by atoms with van der Waals surface area (Å²) in [5.41, 5.74) is 7.49. The van der Waals surface area contributed by atoms with Gasteiger partial charge in [0, 0.05) is 12.0 Å². The zero-order valence-corrected chi connectivity index (χ0v) is 16.3. The van der Waals surface area contributed by atoms with Gasteiger partial charge in [0.25, 0.3) is 0 Å². The lowest BCUT2D eigenvalue weighted by Crippen LogP contribution is -2.16. The number of rotatable bonds is 8. The number of hydrogen-bond donors (Lipinski definition) is 2. The first-order chi connectivity index (χ1) is 14.6. The van der Waals surface area contributed by atoms with E-state index < -0.39 is 0 Å². The Morgan fingerprint density at radius 1 is 1.17 bits per heavy atom. The van der Waals surface area contributed by atoms with Crippen molar-refractivity contribution in [2.45, 2.75) is 31.6 Å². The molecule has 30 heavy (non-hydrogen) atoms. The van der Waals surface area contributed by atoms with Gasteiger partial charge in [0.05, 0.1) is 0 Å². The Kier molecular flexibility index (Phi) is 5.87. The third-order valence-corrected chi connectivity index (χ3v) is 5.10. The van der Waals surface area contributed by atoms with Gasteiger partial charge < -0.3 is 15.2 Å². The molecular weight excluding hydrogens is 389 g/mol. The summed E-state index contributed by atoms with van der Waals surface area (Å²) in [5.74, 6) is 0.944. The monoisotopic (exact) mass is 411 g/mol. The van der Waals surface area contributed by atoms with Crippen LogP contribution in [0.3, 0.4) is 0 Å². The summed E-state index contributed by atoms with van der Waals surface area (Å²) >= 11 is 0. The number of carbonyl (C=O) groups excluding carboxylic acids is 1. The fourth-order valence-electron chi connectivity index (χ4n) is 3.67. The molecular formula is C21H22FN5O3. The summed E-state index contributed by atoms with van der Waals surface area (Å²) in [6, 6.07) is 10.5. The van der Waals surface area contributed by atoms with E-state index in [4.69, 9.17) is 15.2 Å². The number of nitrogens with two attached hydrogens (primary N) is 1. The number of H-pyrrole nitrogens is 1. The molecule has 1 atom stereocenters. The number of hydrogen-bond acceptors (Lipinski definition) is 6. The lowest BCUT2D eigenvalue weighted by Gasteiger charge is -2.22. The Morgan fingerprint density at radius 2 is 2.00 bits per heavy atom. The maximum atomic E-state index is 14.8. The van der Waals surface area contributed by atoms with Crippen LogP contribution >= 0.6 is 0 Å². The van der Waals surface area contributed by atoms with E-state index in [9.17, 15) is 9.18 Å². The zero-order valence-electron chi connectivity index (χ0n) is 16.3. The summed E-state index contributed by atoms with van der Waals surface area (Å²) in [4.78, 5) is 11.2. The van der Waals surface area contributed by atoms with Gasteiger partial charge in [0.2, 0.25) is 11.7 Å². The number of tetrazole rings is 1. The molecule has 4 rings (SSSR count).